The highest BCUT2D eigenvalue weighted by Gasteiger charge is 2.29. The summed E-state index contributed by atoms with van der Waals surface area (Å²) in [6.07, 6.45) is 4.35. The number of carbonyl (C=O) groups is 1. The molecule has 8 nitrogen and oxygen atoms in total. The predicted molar refractivity (Wildman–Crippen MR) is 176 cm³/mol. The van der Waals surface area contributed by atoms with Crippen LogP contribution in [0.4, 0.5) is 11.4 Å². The molecule has 214 valence electrons. The number of carbonyl (C=O) groups excluding carboxylic acids is 1. The molecule has 1 aliphatic heterocycles. The molecular formula is C35H26N6O2S. The quantitative estimate of drug-likeness (QED) is 0.211. The fourth-order valence-electron chi connectivity index (χ4n) is 5.37. The molecule has 3 aromatic heterocycles. The van der Waals surface area contributed by atoms with Gasteiger partial charge >= 0.3 is 0 Å². The Kier molecular flexibility index (Phi) is 7.21. The summed E-state index contributed by atoms with van der Waals surface area (Å²) in [5.74, 6) is 0.304. The Balaban J connectivity index is 1.10. The molecule has 1 atom stereocenters. The lowest BCUT2D eigenvalue weighted by Crippen LogP contribution is -2.37. The molecule has 0 spiro atoms. The first-order chi connectivity index (χ1) is 21.5. The van der Waals surface area contributed by atoms with E-state index in [0.717, 1.165) is 12.1 Å². The smallest absolute Gasteiger partial charge is 0.269 e. The summed E-state index contributed by atoms with van der Waals surface area (Å²) in [6.45, 7) is 2.13. The van der Waals surface area contributed by atoms with Gasteiger partial charge in [0.05, 0.1) is 22.4 Å². The third-order valence-corrected chi connectivity index (χ3v) is 7.74. The minimum Gasteiger partial charge on any atom is -0.432 e. The second-order valence-corrected chi connectivity index (χ2v) is 10.8. The van der Waals surface area contributed by atoms with Crippen molar-refractivity contribution in [2.75, 3.05) is 10.2 Å². The van der Waals surface area contributed by atoms with E-state index in [-0.39, 0.29) is 11.9 Å². The number of rotatable bonds is 5. The van der Waals surface area contributed by atoms with E-state index >= 15 is 0 Å². The molecule has 3 aromatic carbocycles. The van der Waals surface area contributed by atoms with Crippen LogP contribution < -0.4 is 15.0 Å². The van der Waals surface area contributed by atoms with Crippen LogP contribution in [0.25, 0.3) is 33.8 Å². The highest BCUT2D eigenvalue weighted by molar-refractivity contribution is 7.80. The zero-order valence-corrected chi connectivity index (χ0v) is 24.5. The van der Waals surface area contributed by atoms with Crippen LogP contribution in [0, 0.1) is 0 Å². The second-order valence-electron chi connectivity index (χ2n) is 10.5. The molecule has 0 saturated heterocycles. The number of anilines is 2. The zero-order chi connectivity index (χ0) is 30.0. The summed E-state index contributed by atoms with van der Waals surface area (Å²) in [6, 6.07) is 32.1. The third-order valence-electron chi connectivity index (χ3n) is 7.46. The summed E-state index contributed by atoms with van der Waals surface area (Å²) < 4.78 is 6.02. The number of aromatic nitrogens is 4. The minimum absolute atomic E-state index is 0.207. The van der Waals surface area contributed by atoms with Crippen molar-refractivity contribution >= 4 is 45.7 Å². The van der Waals surface area contributed by atoms with Gasteiger partial charge in [0.1, 0.15) is 17.1 Å². The van der Waals surface area contributed by atoms with E-state index in [2.05, 4.69) is 34.3 Å². The molecule has 1 amide bonds. The van der Waals surface area contributed by atoms with Crippen LogP contribution in [0.15, 0.2) is 116 Å². The van der Waals surface area contributed by atoms with Gasteiger partial charge in [0.2, 0.25) is 0 Å². The molecule has 1 N–H and O–H groups in total. The maximum absolute atomic E-state index is 13.2. The first kappa shape index (κ1) is 27.3. The van der Waals surface area contributed by atoms with Gasteiger partial charge in [-0.1, -0.05) is 30.3 Å². The van der Waals surface area contributed by atoms with Crippen molar-refractivity contribution in [2.45, 2.75) is 19.4 Å². The number of ether oxygens (including phenoxy) is 1. The number of nitrogens with one attached hydrogen (secondary N) is 1. The normalized spacial score (nSPS) is 13.8. The van der Waals surface area contributed by atoms with Crippen LogP contribution in [0.5, 0.6) is 5.75 Å². The first-order valence-electron chi connectivity index (χ1n) is 14.2. The van der Waals surface area contributed by atoms with Crippen molar-refractivity contribution in [3.8, 4) is 28.5 Å². The summed E-state index contributed by atoms with van der Waals surface area (Å²) in [7, 11) is 0. The minimum atomic E-state index is -0.261. The predicted octanol–water partition coefficient (Wildman–Crippen LogP) is 7.12. The maximum Gasteiger partial charge on any atom is 0.269 e. The lowest BCUT2D eigenvalue weighted by molar-refractivity contribution is 0.102. The van der Waals surface area contributed by atoms with Gasteiger partial charge in [-0.15, -0.1) is 0 Å². The van der Waals surface area contributed by atoms with E-state index in [0.29, 0.717) is 56.0 Å². The number of hydrogen-bond acceptors (Lipinski definition) is 7. The molecule has 0 radical (unpaired) electrons. The second kappa shape index (κ2) is 11.6. The molecule has 0 aliphatic carbocycles. The number of hydrogen-bond donors (Lipinski definition) is 1. The maximum atomic E-state index is 13.2. The average Bonchev–Trinajstić information content (AvgIpc) is 3.41. The van der Waals surface area contributed by atoms with E-state index in [1.54, 1.807) is 42.7 Å². The van der Waals surface area contributed by atoms with Gasteiger partial charge in [0, 0.05) is 35.4 Å². The van der Waals surface area contributed by atoms with Crippen molar-refractivity contribution in [1.29, 1.82) is 0 Å². The Morgan fingerprint density at radius 2 is 1.48 bits per heavy atom. The van der Waals surface area contributed by atoms with Gasteiger partial charge in [-0.2, -0.15) is 0 Å². The monoisotopic (exact) mass is 594 g/mol. The van der Waals surface area contributed by atoms with Gasteiger partial charge in [-0.25, -0.2) is 9.97 Å². The number of nitrogens with zero attached hydrogens (tertiary/aromatic N) is 5. The molecule has 7 rings (SSSR count). The van der Waals surface area contributed by atoms with E-state index in [1.165, 1.54) is 5.56 Å². The lowest BCUT2D eigenvalue weighted by atomic mass is 10.1. The van der Waals surface area contributed by atoms with Crippen molar-refractivity contribution in [3.05, 3.63) is 127 Å². The van der Waals surface area contributed by atoms with Crippen molar-refractivity contribution in [3.63, 3.8) is 0 Å². The Morgan fingerprint density at radius 3 is 2.16 bits per heavy atom. The number of para-hydroxylation sites is 1. The fourth-order valence-corrected chi connectivity index (χ4v) is 5.74. The topological polar surface area (TPSA) is 93.1 Å². The fraction of sp³-hybridized carbons (Fsp3) is 0.0857. The Hall–Kier alpha value is -5.54. The highest BCUT2D eigenvalue weighted by Crippen LogP contribution is 2.33. The van der Waals surface area contributed by atoms with E-state index in [4.69, 9.17) is 26.9 Å². The lowest BCUT2D eigenvalue weighted by Gasteiger charge is -2.24. The number of thiocarbonyl (C=S) groups is 1. The number of fused-ring (bicyclic) bond motifs is 2. The molecule has 0 bridgehead atoms. The molecule has 1 aliphatic rings. The molecule has 0 saturated carbocycles. The van der Waals surface area contributed by atoms with Gasteiger partial charge in [0.15, 0.2) is 0 Å². The van der Waals surface area contributed by atoms with Crippen molar-refractivity contribution in [1.82, 2.24) is 19.9 Å². The molecular weight excluding hydrogens is 568 g/mol. The zero-order valence-electron chi connectivity index (χ0n) is 23.7. The first-order valence-corrected chi connectivity index (χ1v) is 14.6. The van der Waals surface area contributed by atoms with Crippen LogP contribution in [-0.2, 0) is 6.42 Å². The molecule has 4 heterocycles. The van der Waals surface area contributed by atoms with Crippen LogP contribution >= 0.6 is 12.2 Å². The summed E-state index contributed by atoms with van der Waals surface area (Å²) in [4.78, 5) is 33.9. The standard InChI is InChI=1S/C35H26N6O2S/c1-22-20-24-8-2-3-11-31(24)41(22)35(44)43-26-15-12-23(13-16-26)34(42)38-25-14-17-27-30(21-25)40-33(29-10-5-7-19-37-29)32(39-27)28-9-4-6-18-36-28/h2-19,21-22H,20H2,1H3,(H,38,42)/t22-/m0/s1. The van der Waals surface area contributed by atoms with Gasteiger partial charge in [-0.05, 0) is 104 Å². The Labute approximate surface area is 259 Å². The van der Waals surface area contributed by atoms with Crippen LogP contribution in [0.1, 0.15) is 22.8 Å². The number of benzene rings is 3. The largest absolute Gasteiger partial charge is 0.432 e. The average molecular weight is 595 g/mol. The molecule has 0 unspecified atom stereocenters. The summed E-state index contributed by atoms with van der Waals surface area (Å²) in [5, 5.41) is 3.35. The van der Waals surface area contributed by atoms with Gasteiger partial charge in [-0.3, -0.25) is 19.7 Å². The SMILES string of the molecule is C[C@H]1Cc2ccccc2N1C(=S)Oc1ccc(C(=O)Nc2ccc3nc(-c4ccccn4)c(-c4ccccn4)nc3c2)cc1. The van der Waals surface area contributed by atoms with Crippen molar-refractivity contribution in [2.24, 2.45) is 0 Å². The Morgan fingerprint density at radius 1 is 0.818 bits per heavy atom. The molecule has 6 aromatic rings. The Bertz CT molecular complexity index is 2000. The van der Waals surface area contributed by atoms with Crippen molar-refractivity contribution < 1.29 is 9.53 Å². The van der Waals surface area contributed by atoms with Gasteiger partial charge < -0.3 is 10.1 Å². The summed E-state index contributed by atoms with van der Waals surface area (Å²) >= 11 is 5.64. The van der Waals surface area contributed by atoms with Crippen LogP contribution in [0.2, 0.25) is 0 Å². The van der Waals surface area contributed by atoms with E-state index in [9.17, 15) is 4.79 Å². The van der Waals surface area contributed by atoms with Gasteiger partial charge in [0.25, 0.3) is 11.1 Å². The molecule has 9 heteroatoms. The molecule has 44 heavy (non-hydrogen) atoms. The summed E-state index contributed by atoms with van der Waals surface area (Å²) in [5.41, 5.74) is 7.33. The third kappa shape index (κ3) is 5.36. The van der Waals surface area contributed by atoms with E-state index in [1.807, 2.05) is 65.6 Å². The van der Waals surface area contributed by atoms with Crippen LogP contribution in [0.3, 0.4) is 0 Å². The molecule has 0 fully saturated rings. The number of amides is 1. The highest BCUT2D eigenvalue weighted by atomic mass is 32.1. The van der Waals surface area contributed by atoms with Crippen LogP contribution in [-0.4, -0.2) is 37.1 Å². The van der Waals surface area contributed by atoms with E-state index < -0.39 is 0 Å². The number of pyridine rings is 2.